The molecule has 18 heavy (non-hydrogen) atoms. The lowest BCUT2D eigenvalue weighted by Crippen LogP contribution is -2.40. The first-order valence-electron chi connectivity index (χ1n) is 5.50. The molecule has 0 spiro atoms. The maximum Gasteiger partial charge on any atom is 0.355 e. The van der Waals surface area contributed by atoms with E-state index in [1.54, 1.807) is 12.0 Å². The van der Waals surface area contributed by atoms with Crippen LogP contribution in [-0.2, 0) is 4.74 Å². The molecule has 0 aromatic carbocycles. The summed E-state index contributed by atoms with van der Waals surface area (Å²) in [6.45, 7) is 4.68. The summed E-state index contributed by atoms with van der Waals surface area (Å²) in [6, 6.07) is -0.0790. The van der Waals surface area contributed by atoms with Crippen LogP contribution >= 0.6 is 11.3 Å². The number of methoxy groups -OCH3 is 1. The maximum atomic E-state index is 12.2. The molecule has 6 nitrogen and oxygen atoms in total. The van der Waals surface area contributed by atoms with Crippen LogP contribution in [0.2, 0.25) is 0 Å². The number of nitrogens with zero attached hydrogens (tertiary/aromatic N) is 2. The van der Waals surface area contributed by atoms with Crippen molar-refractivity contribution in [2.75, 3.05) is 20.3 Å². The molecule has 1 unspecified atom stereocenters. The fraction of sp³-hybridized carbons (Fsp3) is 0.545. The van der Waals surface area contributed by atoms with Gasteiger partial charge in [0.2, 0.25) is 0 Å². The Balaban J connectivity index is 2.85. The molecule has 0 saturated carbocycles. The average molecular weight is 272 g/mol. The Bertz CT molecular complexity index is 432. The van der Waals surface area contributed by atoms with Crippen molar-refractivity contribution in [3.05, 3.63) is 16.1 Å². The van der Waals surface area contributed by atoms with Gasteiger partial charge < -0.3 is 14.7 Å². The van der Waals surface area contributed by atoms with Gasteiger partial charge in [0.05, 0.1) is 12.6 Å². The van der Waals surface area contributed by atoms with E-state index in [0.717, 1.165) is 11.3 Å². The number of aromatic carboxylic acids is 1. The van der Waals surface area contributed by atoms with Crippen molar-refractivity contribution in [3.63, 3.8) is 0 Å². The van der Waals surface area contributed by atoms with Crippen LogP contribution in [0.3, 0.4) is 0 Å². The van der Waals surface area contributed by atoms with Crippen molar-refractivity contribution < 1.29 is 19.4 Å². The highest BCUT2D eigenvalue weighted by Gasteiger charge is 2.23. The Kier molecular flexibility index (Phi) is 5.24. The van der Waals surface area contributed by atoms with Gasteiger partial charge in [0.15, 0.2) is 10.7 Å². The molecular formula is C11H16N2O4S. The van der Waals surface area contributed by atoms with E-state index >= 15 is 0 Å². The number of ether oxygens (including phenoxy) is 1. The highest BCUT2D eigenvalue weighted by molar-refractivity contribution is 7.11. The highest BCUT2D eigenvalue weighted by atomic mass is 32.1. The molecular weight excluding hydrogens is 256 g/mol. The van der Waals surface area contributed by atoms with Crippen LogP contribution in [0.4, 0.5) is 0 Å². The van der Waals surface area contributed by atoms with E-state index in [9.17, 15) is 9.59 Å². The lowest BCUT2D eigenvalue weighted by molar-refractivity contribution is 0.0578. The van der Waals surface area contributed by atoms with Gasteiger partial charge in [-0.3, -0.25) is 4.79 Å². The summed E-state index contributed by atoms with van der Waals surface area (Å²) >= 11 is 1.04. The van der Waals surface area contributed by atoms with Gasteiger partial charge in [-0.05, 0) is 13.8 Å². The van der Waals surface area contributed by atoms with Crippen LogP contribution in [0.5, 0.6) is 0 Å². The summed E-state index contributed by atoms with van der Waals surface area (Å²) < 4.78 is 5.01. The van der Waals surface area contributed by atoms with Crippen LogP contribution in [0, 0.1) is 0 Å². The third-order valence-corrected chi connectivity index (χ3v) is 3.28. The summed E-state index contributed by atoms with van der Waals surface area (Å²) in [6.07, 6.45) is 0. The van der Waals surface area contributed by atoms with Gasteiger partial charge in [0.1, 0.15) is 0 Å². The van der Waals surface area contributed by atoms with Gasteiger partial charge in [0, 0.05) is 19.0 Å². The van der Waals surface area contributed by atoms with Crippen LogP contribution in [-0.4, -0.2) is 53.2 Å². The number of rotatable bonds is 6. The third-order valence-electron chi connectivity index (χ3n) is 2.45. The molecule has 1 N–H and O–H groups in total. The molecule has 0 saturated heterocycles. The van der Waals surface area contributed by atoms with Crippen LogP contribution < -0.4 is 0 Å². The minimum Gasteiger partial charge on any atom is -0.476 e. The lowest BCUT2D eigenvalue weighted by Gasteiger charge is -2.26. The van der Waals surface area contributed by atoms with Crippen LogP contribution in [0.15, 0.2) is 5.38 Å². The summed E-state index contributed by atoms with van der Waals surface area (Å²) in [5.74, 6) is -1.39. The molecule has 100 valence electrons. The topological polar surface area (TPSA) is 79.7 Å². The van der Waals surface area contributed by atoms with E-state index in [1.165, 1.54) is 5.38 Å². The van der Waals surface area contributed by atoms with Gasteiger partial charge in [-0.1, -0.05) is 0 Å². The second-order valence-corrected chi connectivity index (χ2v) is 4.60. The van der Waals surface area contributed by atoms with Crippen LogP contribution in [0.25, 0.3) is 0 Å². The predicted octanol–water partition coefficient (Wildman–Crippen LogP) is 1.34. The Labute approximate surface area is 109 Å². The minimum atomic E-state index is -1.13. The molecule has 1 atom stereocenters. The molecule has 0 aliphatic carbocycles. The number of thiazole rings is 1. The first-order valence-corrected chi connectivity index (χ1v) is 6.37. The van der Waals surface area contributed by atoms with E-state index in [-0.39, 0.29) is 22.7 Å². The third kappa shape index (κ3) is 3.27. The maximum absolute atomic E-state index is 12.2. The number of hydrogen-bond donors (Lipinski definition) is 1. The van der Waals surface area contributed by atoms with E-state index < -0.39 is 5.97 Å². The second kappa shape index (κ2) is 6.46. The fourth-order valence-corrected chi connectivity index (χ4v) is 2.33. The molecule has 1 aromatic heterocycles. The van der Waals surface area contributed by atoms with Gasteiger partial charge in [0.25, 0.3) is 5.91 Å². The average Bonchev–Trinajstić information content (AvgIpc) is 2.79. The highest BCUT2D eigenvalue weighted by Crippen LogP contribution is 2.14. The molecule has 7 heteroatoms. The van der Waals surface area contributed by atoms with E-state index in [4.69, 9.17) is 9.84 Å². The first kappa shape index (κ1) is 14.6. The summed E-state index contributed by atoms with van der Waals surface area (Å²) in [5.41, 5.74) is -0.0983. The number of likely N-dealkylation sites (N-methyl/N-ethyl adjacent to an activating group) is 1. The SMILES string of the molecule is CCN(C(=O)c1nc(C(=O)O)cs1)C(C)COC. The summed E-state index contributed by atoms with van der Waals surface area (Å²) in [4.78, 5) is 28.3. The van der Waals surface area contributed by atoms with Crippen molar-refractivity contribution in [2.45, 2.75) is 19.9 Å². The minimum absolute atomic E-state index is 0.0790. The van der Waals surface area contributed by atoms with Crippen molar-refractivity contribution >= 4 is 23.2 Å². The van der Waals surface area contributed by atoms with Gasteiger partial charge in [-0.2, -0.15) is 0 Å². The molecule has 1 heterocycles. The molecule has 0 radical (unpaired) electrons. The Hall–Kier alpha value is -1.47. The molecule has 0 fully saturated rings. The van der Waals surface area contributed by atoms with Crippen LogP contribution in [0.1, 0.15) is 34.1 Å². The van der Waals surface area contributed by atoms with Gasteiger partial charge in [-0.25, -0.2) is 9.78 Å². The number of carboxylic acids is 1. The molecule has 1 aromatic rings. The van der Waals surface area contributed by atoms with E-state index in [0.29, 0.717) is 13.2 Å². The normalized spacial score (nSPS) is 12.2. The predicted molar refractivity (Wildman–Crippen MR) is 67.1 cm³/mol. The number of amides is 1. The second-order valence-electron chi connectivity index (χ2n) is 3.74. The zero-order valence-corrected chi connectivity index (χ0v) is 11.4. The van der Waals surface area contributed by atoms with E-state index in [2.05, 4.69) is 4.98 Å². The van der Waals surface area contributed by atoms with E-state index in [1.807, 2.05) is 13.8 Å². The van der Waals surface area contributed by atoms with Crippen molar-refractivity contribution in [2.24, 2.45) is 0 Å². The van der Waals surface area contributed by atoms with Crippen molar-refractivity contribution in [3.8, 4) is 0 Å². The number of carbonyl (C=O) groups is 2. The van der Waals surface area contributed by atoms with Crippen molar-refractivity contribution in [1.29, 1.82) is 0 Å². The quantitative estimate of drug-likeness (QED) is 0.845. The molecule has 0 bridgehead atoms. The fourth-order valence-electron chi connectivity index (χ4n) is 1.58. The Morgan fingerprint density at radius 2 is 2.28 bits per heavy atom. The lowest BCUT2D eigenvalue weighted by atomic mass is 10.3. The standard InChI is InChI=1S/C11H16N2O4S/c1-4-13(7(2)5-17-3)10(14)9-12-8(6-18-9)11(15)16/h6-7H,4-5H2,1-3H3,(H,15,16). The number of aromatic nitrogens is 1. The first-order chi connectivity index (χ1) is 8.51. The molecule has 1 amide bonds. The zero-order valence-electron chi connectivity index (χ0n) is 10.5. The smallest absolute Gasteiger partial charge is 0.355 e. The van der Waals surface area contributed by atoms with Gasteiger partial charge >= 0.3 is 5.97 Å². The number of hydrogen-bond acceptors (Lipinski definition) is 5. The Morgan fingerprint density at radius 1 is 1.61 bits per heavy atom. The van der Waals surface area contributed by atoms with Crippen molar-refractivity contribution in [1.82, 2.24) is 9.88 Å². The zero-order chi connectivity index (χ0) is 13.7. The summed E-state index contributed by atoms with van der Waals surface area (Å²) in [7, 11) is 1.57. The molecule has 1 rings (SSSR count). The van der Waals surface area contributed by atoms with Gasteiger partial charge in [-0.15, -0.1) is 11.3 Å². The largest absolute Gasteiger partial charge is 0.476 e. The number of carbonyl (C=O) groups excluding carboxylic acids is 1. The molecule has 0 aliphatic heterocycles. The monoisotopic (exact) mass is 272 g/mol. The molecule has 0 aliphatic rings. The Morgan fingerprint density at radius 3 is 2.72 bits per heavy atom. The number of carboxylic acid groups (broad SMARTS) is 1. The summed E-state index contributed by atoms with van der Waals surface area (Å²) in [5, 5.41) is 10.3.